The highest BCUT2D eigenvalue weighted by Crippen LogP contribution is 2.33. The third-order valence-electron chi connectivity index (χ3n) is 6.03. The van der Waals surface area contributed by atoms with Crippen LogP contribution >= 0.6 is 0 Å². The zero-order valence-corrected chi connectivity index (χ0v) is 17.3. The highest BCUT2D eigenvalue weighted by molar-refractivity contribution is 5.80. The number of aromatic nitrogens is 2. The molecule has 1 aliphatic rings. The van der Waals surface area contributed by atoms with Gasteiger partial charge in [0.2, 0.25) is 5.91 Å². The van der Waals surface area contributed by atoms with E-state index in [1.807, 2.05) is 30.9 Å². The molecular weight excluding hydrogens is 381 g/mol. The van der Waals surface area contributed by atoms with Crippen molar-refractivity contribution in [2.45, 2.75) is 45.6 Å². The third kappa shape index (κ3) is 3.51. The van der Waals surface area contributed by atoms with Gasteiger partial charge in [-0.15, -0.1) is 0 Å². The van der Waals surface area contributed by atoms with Crippen molar-refractivity contribution >= 4 is 16.8 Å². The molecule has 6 heteroatoms. The predicted octanol–water partition coefficient (Wildman–Crippen LogP) is 4.62. The van der Waals surface area contributed by atoms with Crippen molar-refractivity contribution in [2.24, 2.45) is 5.92 Å². The van der Waals surface area contributed by atoms with Gasteiger partial charge in [-0.05, 0) is 62.6 Å². The maximum absolute atomic E-state index is 13.5. The summed E-state index contributed by atoms with van der Waals surface area (Å²) in [5, 5.41) is 0.494. The van der Waals surface area contributed by atoms with Crippen LogP contribution in [0.3, 0.4) is 0 Å². The standard InChI is InChI=1S/C24H26FN3O2/c1-3-21(27(4-2)23(29)16-8-7-9-16)22-26-20-11-6-5-10-19(20)24(30)28(22)18-14-12-17(25)13-15-18/h5-6,10-16,21H,3-4,7-9H2,1-2H3. The van der Waals surface area contributed by atoms with Gasteiger partial charge < -0.3 is 4.90 Å². The van der Waals surface area contributed by atoms with Gasteiger partial charge in [-0.25, -0.2) is 9.37 Å². The fourth-order valence-electron chi connectivity index (χ4n) is 4.17. The molecule has 0 N–H and O–H groups in total. The van der Waals surface area contributed by atoms with Crippen LogP contribution in [0.5, 0.6) is 0 Å². The average molecular weight is 407 g/mol. The first-order valence-electron chi connectivity index (χ1n) is 10.6. The number of benzene rings is 2. The first-order chi connectivity index (χ1) is 14.5. The van der Waals surface area contributed by atoms with Crippen molar-refractivity contribution in [1.82, 2.24) is 14.5 Å². The number of rotatable bonds is 6. The molecular formula is C24H26FN3O2. The van der Waals surface area contributed by atoms with Crippen molar-refractivity contribution in [2.75, 3.05) is 6.54 Å². The Bertz CT molecular complexity index is 1120. The smallest absolute Gasteiger partial charge is 0.266 e. The number of amides is 1. The summed E-state index contributed by atoms with van der Waals surface area (Å²) in [6.45, 7) is 4.50. The van der Waals surface area contributed by atoms with Crippen LogP contribution in [0.4, 0.5) is 4.39 Å². The lowest BCUT2D eigenvalue weighted by atomic mass is 9.84. The van der Waals surface area contributed by atoms with Gasteiger partial charge in [0.05, 0.1) is 22.6 Å². The van der Waals surface area contributed by atoms with Gasteiger partial charge >= 0.3 is 0 Å². The van der Waals surface area contributed by atoms with Gasteiger partial charge in [-0.3, -0.25) is 14.2 Å². The lowest BCUT2D eigenvalue weighted by Crippen LogP contribution is -2.43. The molecule has 0 bridgehead atoms. The quantitative estimate of drug-likeness (QED) is 0.599. The van der Waals surface area contributed by atoms with Crippen molar-refractivity contribution in [1.29, 1.82) is 0 Å². The molecule has 5 nitrogen and oxygen atoms in total. The van der Waals surface area contributed by atoms with E-state index in [1.165, 1.54) is 16.7 Å². The van der Waals surface area contributed by atoms with Gasteiger partial charge in [0.15, 0.2) is 0 Å². The summed E-state index contributed by atoms with van der Waals surface area (Å²) < 4.78 is 15.1. The number of hydrogen-bond acceptors (Lipinski definition) is 3. The second-order valence-electron chi connectivity index (χ2n) is 7.78. The highest BCUT2D eigenvalue weighted by atomic mass is 19.1. The molecule has 1 fully saturated rings. The second-order valence-corrected chi connectivity index (χ2v) is 7.78. The predicted molar refractivity (Wildman–Crippen MR) is 115 cm³/mol. The number of carbonyl (C=O) groups is 1. The summed E-state index contributed by atoms with van der Waals surface area (Å²) in [6.07, 6.45) is 3.54. The van der Waals surface area contributed by atoms with Crippen LogP contribution in [-0.2, 0) is 4.79 Å². The minimum atomic E-state index is -0.371. The Morgan fingerprint density at radius 3 is 2.47 bits per heavy atom. The minimum absolute atomic E-state index is 0.0606. The van der Waals surface area contributed by atoms with Gasteiger partial charge in [0, 0.05) is 12.5 Å². The molecule has 1 atom stereocenters. The summed E-state index contributed by atoms with van der Waals surface area (Å²) in [6, 6.07) is 12.7. The van der Waals surface area contributed by atoms with E-state index in [9.17, 15) is 14.0 Å². The molecule has 156 valence electrons. The lowest BCUT2D eigenvalue weighted by molar-refractivity contribution is -0.140. The van der Waals surface area contributed by atoms with Crippen LogP contribution < -0.4 is 5.56 Å². The first kappa shape index (κ1) is 20.3. The molecule has 1 heterocycles. The van der Waals surface area contributed by atoms with Crippen molar-refractivity contribution < 1.29 is 9.18 Å². The lowest BCUT2D eigenvalue weighted by Gasteiger charge is -2.36. The Morgan fingerprint density at radius 1 is 1.17 bits per heavy atom. The summed E-state index contributed by atoms with van der Waals surface area (Å²) in [4.78, 5) is 33.3. The minimum Gasteiger partial charge on any atom is -0.333 e. The molecule has 0 saturated heterocycles. The maximum atomic E-state index is 13.5. The number of para-hydroxylation sites is 1. The van der Waals surface area contributed by atoms with Crippen LogP contribution in [0.2, 0.25) is 0 Å². The Labute approximate surface area is 175 Å². The monoisotopic (exact) mass is 407 g/mol. The molecule has 1 aliphatic carbocycles. The highest BCUT2D eigenvalue weighted by Gasteiger charge is 2.34. The second kappa shape index (κ2) is 8.38. The van der Waals surface area contributed by atoms with E-state index in [-0.39, 0.29) is 29.2 Å². The molecule has 0 aliphatic heterocycles. The Kier molecular flexibility index (Phi) is 5.66. The van der Waals surface area contributed by atoms with Crippen LogP contribution in [-0.4, -0.2) is 26.9 Å². The van der Waals surface area contributed by atoms with Gasteiger partial charge in [0.1, 0.15) is 11.6 Å². The van der Waals surface area contributed by atoms with E-state index in [0.717, 1.165) is 19.3 Å². The van der Waals surface area contributed by atoms with Gasteiger partial charge in [-0.1, -0.05) is 25.5 Å². The first-order valence-corrected chi connectivity index (χ1v) is 10.6. The molecule has 0 radical (unpaired) electrons. The Morgan fingerprint density at radius 2 is 1.87 bits per heavy atom. The normalized spacial score (nSPS) is 15.0. The van der Waals surface area contributed by atoms with E-state index >= 15 is 0 Å². The molecule has 1 unspecified atom stereocenters. The zero-order valence-electron chi connectivity index (χ0n) is 17.3. The van der Waals surface area contributed by atoms with Crippen LogP contribution in [0.15, 0.2) is 53.3 Å². The molecule has 1 amide bonds. The molecule has 0 spiro atoms. The SMILES string of the molecule is CCC(c1nc2ccccc2c(=O)n1-c1ccc(F)cc1)N(CC)C(=O)C1CCC1. The van der Waals surface area contributed by atoms with E-state index in [4.69, 9.17) is 4.98 Å². The number of hydrogen-bond donors (Lipinski definition) is 0. The van der Waals surface area contributed by atoms with Gasteiger partial charge in [0.25, 0.3) is 5.56 Å². The molecule has 1 saturated carbocycles. The van der Waals surface area contributed by atoms with E-state index in [0.29, 0.717) is 35.4 Å². The van der Waals surface area contributed by atoms with E-state index in [1.54, 1.807) is 24.3 Å². The Balaban J connectivity index is 1.92. The van der Waals surface area contributed by atoms with Crippen LogP contribution in [0.25, 0.3) is 16.6 Å². The van der Waals surface area contributed by atoms with E-state index in [2.05, 4.69) is 0 Å². The molecule has 30 heavy (non-hydrogen) atoms. The fraction of sp³-hybridized carbons (Fsp3) is 0.375. The maximum Gasteiger partial charge on any atom is 0.266 e. The van der Waals surface area contributed by atoms with Crippen LogP contribution in [0, 0.1) is 11.7 Å². The summed E-state index contributed by atoms with van der Waals surface area (Å²) >= 11 is 0. The number of nitrogens with zero attached hydrogens (tertiary/aromatic N) is 3. The fourth-order valence-corrected chi connectivity index (χ4v) is 4.17. The Hall–Kier alpha value is -3.02. The number of fused-ring (bicyclic) bond motifs is 1. The van der Waals surface area contributed by atoms with Crippen molar-refractivity contribution in [3.8, 4) is 5.69 Å². The zero-order chi connectivity index (χ0) is 21.3. The summed E-state index contributed by atoms with van der Waals surface area (Å²) in [7, 11) is 0. The van der Waals surface area contributed by atoms with Crippen LogP contribution in [0.1, 0.15) is 51.4 Å². The van der Waals surface area contributed by atoms with Crippen molar-refractivity contribution in [3.05, 3.63) is 70.5 Å². The number of carbonyl (C=O) groups excluding carboxylic acids is 1. The molecule has 1 aromatic heterocycles. The summed E-state index contributed by atoms with van der Waals surface area (Å²) in [5.74, 6) is 0.334. The third-order valence-corrected chi connectivity index (χ3v) is 6.03. The van der Waals surface area contributed by atoms with Crippen molar-refractivity contribution in [3.63, 3.8) is 0 Å². The average Bonchev–Trinajstić information content (AvgIpc) is 2.71. The summed E-state index contributed by atoms with van der Waals surface area (Å²) in [5.41, 5.74) is 0.925. The molecule has 4 rings (SSSR count). The largest absolute Gasteiger partial charge is 0.333 e. The molecule has 2 aromatic carbocycles. The van der Waals surface area contributed by atoms with Gasteiger partial charge in [-0.2, -0.15) is 0 Å². The topological polar surface area (TPSA) is 55.2 Å². The number of halogens is 1. The van der Waals surface area contributed by atoms with E-state index < -0.39 is 0 Å². The molecule has 3 aromatic rings.